The molecule has 0 saturated carbocycles. The summed E-state index contributed by atoms with van der Waals surface area (Å²) < 4.78 is 5.30. The lowest BCUT2D eigenvalue weighted by Crippen LogP contribution is -2.41. The van der Waals surface area contributed by atoms with Crippen molar-refractivity contribution in [2.45, 2.75) is 32.1 Å². The summed E-state index contributed by atoms with van der Waals surface area (Å²) in [6, 6.07) is 0. The van der Waals surface area contributed by atoms with Crippen LogP contribution in [0.2, 0.25) is 0 Å². The van der Waals surface area contributed by atoms with Crippen molar-refractivity contribution in [3.05, 3.63) is 27.2 Å². The molecule has 1 amide bonds. The molecule has 3 rings (SSSR count). The van der Waals surface area contributed by atoms with Crippen LogP contribution in [0.1, 0.15) is 29.7 Å². The third-order valence-corrected chi connectivity index (χ3v) is 4.56. The van der Waals surface area contributed by atoms with E-state index in [4.69, 9.17) is 4.74 Å². The van der Waals surface area contributed by atoms with E-state index in [1.807, 2.05) is 0 Å². The number of morpholine rings is 1. The second-order valence-electron chi connectivity index (χ2n) is 6.14. The molecule has 1 saturated heterocycles. The summed E-state index contributed by atoms with van der Waals surface area (Å²) in [4.78, 5) is 26.2. The standard InChI is InChI=1S/C16H24N4O3.ClH/c21-15(17-5-6-20-7-9-23-10-8-20)11-14-12-3-1-2-4-13(12)16(22)19-18-14;/h1-11H2,(H,17,21)(H,19,22);1H. The second kappa shape index (κ2) is 9.15. The van der Waals surface area contributed by atoms with E-state index in [1.165, 1.54) is 0 Å². The number of hydrogen-bond acceptors (Lipinski definition) is 5. The zero-order valence-electron chi connectivity index (χ0n) is 13.8. The largest absolute Gasteiger partial charge is 0.379 e. The fourth-order valence-corrected chi connectivity index (χ4v) is 3.27. The molecule has 0 aromatic carbocycles. The van der Waals surface area contributed by atoms with Crippen LogP contribution in [0.3, 0.4) is 0 Å². The quantitative estimate of drug-likeness (QED) is 0.779. The number of H-pyrrole nitrogens is 1. The van der Waals surface area contributed by atoms with Crippen LogP contribution in [0.15, 0.2) is 4.79 Å². The van der Waals surface area contributed by atoms with E-state index >= 15 is 0 Å². The number of fused-ring (bicyclic) bond motifs is 1. The molecule has 24 heavy (non-hydrogen) atoms. The molecule has 1 aromatic rings. The van der Waals surface area contributed by atoms with E-state index in [1.54, 1.807) is 0 Å². The Balaban J connectivity index is 0.00000208. The molecule has 0 atom stereocenters. The maximum Gasteiger partial charge on any atom is 0.267 e. The molecule has 2 aliphatic rings. The van der Waals surface area contributed by atoms with Gasteiger partial charge in [0.25, 0.3) is 5.56 Å². The zero-order valence-corrected chi connectivity index (χ0v) is 14.6. The third kappa shape index (κ3) is 4.78. The molecule has 0 bridgehead atoms. The summed E-state index contributed by atoms with van der Waals surface area (Å²) in [5.41, 5.74) is 2.44. The van der Waals surface area contributed by atoms with Crippen molar-refractivity contribution >= 4 is 18.3 Å². The zero-order chi connectivity index (χ0) is 16.1. The summed E-state index contributed by atoms with van der Waals surface area (Å²) in [6.45, 7) is 4.84. The smallest absolute Gasteiger partial charge is 0.267 e. The van der Waals surface area contributed by atoms with Gasteiger partial charge in [-0.05, 0) is 31.2 Å². The van der Waals surface area contributed by atoms with Gasteiger partial charge in [0.2, 0.25) is 5.91 Å². The Hall–Kier alpha value is -1.44. The minimum atomic E-state index is -0.101. The van der Waals surface area contributed by atoms with Gasteiger partial charge in [-0.2, -0.15) is 5.10 Å². The number of nitrogens with one attached hydrogen (secondary N) is 2. The van der Waals surface area contributed by atoms with E-state index in [2.05, 4.69) is 20.4 Å². The van der Waals surface area contributed by atoms with Gasteiger partial charge in [-0.3, -0.25) is 14.5 Å². The Bertz CT molecular complexity index is 614. The molecule has 1 fully saturated rings. The molecule has 7 nitrogen and oxygen atoms in total. The first-order chi connectivity index (χ1) is 11.2. The van der Waals surface area contributed by atoms with Crippen molar-refractivity contribution in [3.63, 3.8) is 0 Å². The predicted molar refractivity (Wildman–Crippen MR) is 92.7 cm³/mol. The van der Waals surface area contributed by atoms with Gasteiger partial charge in [-0.15, -0.1) is 12.4 Å². The molecule has 1 aromatic heterocycles. The third-order valence-electron chi connectivity index (χ3n) is 4.56. The van der Waals surface area contributed by atoms with Gasteiger partial charge in [-0.25, -0.2) is 5.10 Å². The van der Waals surface area contributed by atoms with Gasteiger partial charge < -0.3 is 10.1 Å². The highest BCUT2D eigenvalue weighted by molar-refractivity contribution is 5.85. The molecule has 1 aliphatic carbocycles. The average Bonchev–Trinajstić information content (AvgIpc) is 2.59. The monoisotopic (exact) mass is 356 g/mol. The number of nitrogens with zero attached hydrogens (tertiary/aromatic N) is 2. The lowest BCUT2D eigenvalue weighted by molar-refractivity contribution is -0.120. The lowest BCUT2D eigenvalue weighted by atomic mass is 9.91. The number of hydrogen-bond donors (Lipinski definition) is 2. The number of halogens is 1. The van der Waals surface area contributed by atoms with Gasteiger partial charge in [0.15, 0.2) is 0 Å². The maximum absolute atomic E-state index is 12.1. The van der Waals surface area contributed by atoms with Gasteiger partial charge in [0.05, 0.1) is 25.3 Å². The van der Waals surface area contributed by atoms with E-state index in [0.29, 0.717) is 6.54 Å². The van der Waals surface area contributed by atoms with Crippen molar-refractivity contribution in [2.24, 2.45) is 0 Å². The summed E-state index contributed by atoms with van der Waals surface area (Å²) in [6.07, 6.45) is 3.97. The number of carbonyl (C=O) groups excluding carboxylic acids is 1. The van der Waals surface area contributed by atoms with E-state index in [9.17, 15) is 9.59 Å². The number of ether oxygens (including phenoxy) is 1. The van der Waals surface area contributed by atoms with E-state index < -0.39 is 0 Å². The van der Waals surface area contributed by atoms with Crippen LogP contribution in [-0.2, 0) is 28.8 Å². The molecule has 2 heterocycles. The second-order valence-corrected chi connectivity index (χ2v) is 6.14. The highest BCUT2D eigenvalue weighted by Gasteiger charge is 2.19. The SMILES string of the molecule is Cl.O=C(Cc1n[nH]c(=O)c2c1CCCC2)NCCN1CCOCC1. The summed E-state index contributed by atoms with van der Waals surface area (Å²) in [7, 11) is 0. The van der Waals surface area contributed by atoms with Crippen LogP contribution in [0, 0.1) is 0 Å². The summed E-state index contributed by atoms with van der Waals surface area (Å²) >= 11 is 0. The van der Waals surface area contributed by atoms with Gasteiger partial charge in [0, 0.05) is 31.7 Å². The molecule has 1 aliphatic heterocycles. The Morgan fingerprint density at radius 1 is 1.21 bits per heavy atom. The fourth-order valence-electron chi connectivity index (χ4n) is 3.27. The molecular weight excluding hydrogens is 332 g/mol. The maximum atomic E-state index is 12.1. The Morgan fingerprint density at radius 3 is 2.67 bits per heavy atom. The first kappa shape index (κ1) is 18.9. The van der Waals surface area contributed by atoms with Crippen LogP contribution in [0.5, 0.6) is 0 Å². The van der Waals surface area contributed by atoms with Crippen molar-refractivity contribution in [3.8, 4) is 0 Å². The van der Waals surface area contributed by atoms with E-state index in [-0.39, 0.29) is 30.3 Å². The Morgan fingerprint density at radius 2 is 1.92 bits per heavy atom. The van der Waals surface area contributed by atoms with Gasteiger partial charge in [0.1, 0.15) is 0 Å². The number of aromatic nitrogens is 2. The van der Waals surface area contributed by atoms with Crippen LogP contribution >= 0.6 is 12.4 Å². The topological polar surface area (TPSA) is 87.3 Å². The molecule has 134 valence electrons. The van der Waals surface area contributed by atoms with E-state index in [0.717, 1.165) is 75.4 Å². The highest BCUT2D eigenvalue weighted by atomic mass is 35.5. The minimum absolute atomic E-state index is 0. The first-order valence-corrected chi connectivity index (χ1v) is 8.40. The van der Waals surface area contributed by atoms with Crippen LogP contribution in [0.4, 0.5) is 0 Å². The average molecular weight is 357 g/mol. The molecule has 8 heteroatoms. The molecular formula is C16H25ClN4O3. The van der Waals surface area contributed by atoms with Crippen molar-refractivity contribution in [2.75, 3.05) is 39.4 Å². The fraction of sp³-hybridized carbons (Fsp3) is 0.688. The minimum Gasteiger partial charge on any atom is -0.379 e. The Kier molecular flexibility index (Phi) is 7.20. The van der Waals surface area contributed by atoms with Crippen molar-refractivity contribution in [1.29, 1.82) is 0 Å². The van der Waals surface area contributed by atoms with Gasteiger partial charge in [-0.1, -0.05) is 0 Å². The van der Waals surface area contributed by atoms with Crippen molar-refractivity contribution < 1.29 is 9.53 Å². The molecule has 0 radical (unpaired) electrons. The summed E-state index contributed by atoms with van der Waals surface area (Å²) in [5, 5.41) is 9.58. The van der Waals surface area contributed by atoms with Crippen LogP contribution in [0.25, 0.3) is 0 Å². The molecule has 2 N–H and O–H groups in total. The number of carbonyl (C=O) groups is 1. The molecule has 0 spiro atoms. The number of amides is 1. The van der Waals surface area contributed by atoms with Crippen molar-refractivity contribution in [1.82, 2.24) is 20.4 Å². The first-order valence-electron chi connectivity index (χ1n) is 8.40. The Labute approximate surface area is 147 Å². The number of aromatic amines is 1. The summed E-state index contributed by atoms with van der Waals surface area (Å²) in [5.74, 6) is -0.0365. The van der Waals surface area contributed by atoms with Crippen LogP contribution < -0.4 is 10.9 Å². The van der Waals surface area contributed by atoms with Crippen LogP contribution in [-0.4, -0.2) is 60.4 Å². The normalized spacial score (nSPS) is 17.7. The highest BCUT2D eigenvalue weighted by Crippen LogP contribution is 2.20. The number of rotatable bonds is 5. The predicted octanol–water partition coefficient (Wildman–Crippen LogP) is 0.0614. The van der Waals surface area contributed by atoms with Gasteiger partial charge >= 0.3 is 0 Å². The molecule has 0 unspecified atom stereocenters. The lowest BCUT2D eigenvalue weighted by Gasteiger charge is -2.26.